The number of nitrogens with two attached hydrogens (primary N) is 1. The van der Waals surface area contributed by atoms with E-state index in [1.54, 1.807) is 18.2 Å². The minimum absolute atomic E-state index is 0.0753. The zero-order valence-electron chi connectivity index (χ0n) is 10.6. The summed E-state index contributed by atoms with van der Waals surface area (Å²) >= 11 is 0. The SMILES string of the molecule is CC(N)c1cccc(OCc2c(F)cccc2F)c1. The molecule has 0 amide bonds. The number of hydrogen-bond acceptors (Lipinski definition) is 2. The Hall–Kier alpha value is -1.94. The lowest BCUT2D eigenvalue weighted by molar-refractivity contribution is 0.292. The van der Waals surface area contributed by atoms with Crippen molar-refractivity contribution >= 4 is 0 Å². The molecule has 2 N–H and O–H groups in total. The summed E-state index contributed by atoms with van der Waals surface area (Å²) in [5.41, 5.74) is 6.60. The Morgan fingerprint density at radius 2 is 1.74 bits per heavy atom. The van der Waals surface area contributed by atoms with Crippen LogP contribution in [0.4, 0.5) is 8.78 Å². The van der Waals surface area contributed by atoms with E-state index in [0.717, 1.165) is 5.56 Å². The fraction of sp³-hybridized carbons (Fsp3) is 0.200. The van der Waals surface area contributed by atoms with Gasteiger partial charge in [0.2, 0.25) is 0 Å². The first-order valence-corrected chi connectivity index (χ1v) is 5.99. The number of halogens is 2. The van der Waals surface area contributed by atoms with Crippen LogP contribution in [0.1, 0.15) is 24.1 Å². The standard InChI is InChI=1S/C15H15F2NO/c1-10(18)11-4-2-5-12(8-11)19-9-13-14(16)6-3-7-15(13)17/h2-8,10H,9,18H2,1H3. The molecule has 19 heavy (non-hydrogen) atoms. The summed E-state index contributed by atoms with van der Waals surface area (Å²) < 4.78 is 32.3. The zero-order chi connectivity index (χ0) is 13.8. The summed E-state index contributed by atoms with van der Waals surface area (Å²) in [6.45, 7) is 1.70. The van der Waals surface area contributed by atoms with Crippen molar-refractivity contribution in [1.29, 1.82) is 0 Å². The molecule has 1 atom stereocenters. The van der Waals surface area contributed by atoms with Gasteiger partial charge in [-0.15, -0.1) is 0 Å². The monoisotopic (exact) mass is 263 g/mol. The predicted molar refractivity (Wildman–Crippen MR) is 69.7 cm³/mol. The normalized spacial score (nSPS) is 12.2. The molecule has 0 saturated carbocycles. The molecular formula is C15H15F2NO. The molecule has 0 bridgehead atoms. The summed E-state index contributed by atoms with van der Waals surface area (Å²) in [7, 11) is 0. The molecule has 0 radical (unpaired) electrons. The maximum atomic E-state index is 13.4. The van der Waals surface area contributed by atoms with Crippen molar-refractivity contribution in [1.82, 2.24) is 0 Å². The predicted octanol–water partition coefficient (Wildman–Crippen LogP) is 3.56. The molecule has 2 rings (SSSR count). The number of ether oxygens (including phenoxy) is 1. The van der Waals surface area contributed by atoms with Crippen molar-refractivity contribution in [3.63, 3.8) is 0 Å². The highest BCUT2D eigenvalue weighted by Gasteiger charge is 2.09. The van der Waals surface area contributed by atoms with Gasteiger partial charge in [-0.25, -0.2) is 8.78 Å². The minimum atomic E-state index is -0.608. The maximum Gasteiger partial charge on any atom is 0.132 e. The number of hydrogen-bond donors (Lipinski definition) is 1. The van der Waals surface area contributed by atoms with Crippen molar-refractivity contribution in [2.45, 2.75) is 19.6 Å². The summed E-state index contributed by atoms with van der Waals surface area (Å²) in [6, 6.07) is 10.8. The Kier molecular flexibility index (Phi) is 4.12. The van der Waals surface area contributed by atoms with E-state index >= 15 is 0 Å². The Balaban J connectivity index is 2.12. The first-order chi connectivity index (χ1) is 9.08. The van der Waals surface area contributed by atoms with Crippen molar-refractivity contribution in [2.75, 3.05) is 0 Å². The van der Waals surface area contributed by atoms with Gasteiger partial charge in [0.05, 0.1) is 5.56 Å². The van der Waals surface area contributed by atoms with Gasteiger partial charge in [-0.1, -0.05) is 18.2 Å². The third-order valence-corrected chi connectivity index (χ3v) is 2.83. The Bertz CT molecular complexity index is 550. The van der Waals surface area contributed by atoms with Crippen LogP contribution in [0.5, 0.6) is 5.75 Å². The number of benzene rings is 2. The van der Waals surface area contributed by atoms with Gasteiger partial charge in [0.25, 0.3) is 0 Å². The highest BCUT2D eigenvalue weighted by atomic mass is 19.1. The minimum Gasteiger partial charge on any atom is -0.489 e. The fourth-order valence-corrected chi connectivity index (χ4v) is 1.71. The largest absolute Gasteiger partial charge is 0.489 e. The highest BCUT2D eigenvalue weighted by Crippen LogP contribution is 2.20. The van der Waals surface area contributed by atoms with E-state index < -0.39 is 11.6 Å². The van der Waals surface area contributed by atoms with Crippen molar-refractivity contribution in [2.24, 2.45) is 5.73 Å². The lowest BCUT2D eigenvalue weighted by Gasteiger charge is -2.11. The van der Waals surface area contributed by atoms with Gasteiger partial charge in [0, 0.05) is 6.04 Å². The second-order valence-corrected chi connectivity index (χ2v) is 4.35. The topological polar surface area (TPSA) is 35.2 Å². The van der Waals surface area contributed by atoms with Crippen LogP contribution in [0.2, 0.25) is 0 Å². The van der Waals surface area contributed by atoms with Crippen LogP contribution < -0.4 is 10.5 Å². The highest BCUT2D eigenvalue weighted by molar-refractivity contribution is 5.30. The molecule has 0 fully saturated rings. The fourth-order valence-electron chi connectivity index (χ4n) is 1.71. The van der Waals surface area contributed by atoms with E-state index in [9.17, 15) is 8.78 Å². The summed E-state index contributed by atoms with van der Waals surface area (Å²) in [4.78, 5) is 0. The summed E-state index contributed by atoms with van der Waals surface area (Å²) in [6.07, 6.45) is 0. The quantitative estimate of drug-likeness (QED) is 0.915. The molecule has 2 aromatic rings. The average Bonchev–Trinajstić information content (AvgIpc) is 2.38. The van der Waals surface area contributed by atoms with Gasteiger partial charge < -0.3 is 10.5 Å². The van der Waals surface area contributed by atoms with E-state index in [2.05, 4.69) is 0 Å². The molecular weight excluding hydrogens is 248 g/mol. The lowest BCUT2D eigenvalue weighted by atomic mass is 10.1. The van der Waals surface area contributed by atoms with Crippen molar-refractivity contribution in [3.8, 4) is 5.75 Å². The Morgan fingerprint density at radius 1 is 1.11 bits per heavy atom. The second-order valence-electron chi connectivity index (χ2n) is 4.35. The van der Waals surface area contributed by atoms with Gasteiger partial charge >= 0.3 is 0 Å². The van der Waals surface area contributed by atoms with Crippen LogP contribution in [-0.2, 0) is 6.61 Å². The van der Waals surface area contributed by atoms with E-state index in [0.29, 0.717) is 5.75 Å². The first kappa shape index (κ1) is 13.5. The second kappa shape index (κ2) is 5.80. The molecule has 0 aliphatic rings. The molecule has 0 aromatic heterocycles. The third-order valence-electron chi connectivity index (χ3n) is 2.83. The molecule has 100 valence electrons. The number of rotatable bonds is 4. The van der Waals surface area contributed by atoms with Gasteiger partial charge in [-0.2, -0.15) is 0 Å². The Morgan fingerprint density at radius 3 is 2.37 bits per heavy atom. The summed E-state index contributed by atoms with van der Waals surface area (Å²) in [5.74, 6) is -0.677. The van der Waals surface area contributed by atoms with Crippen LogP contribution in [0.15, 0.2) is 42.5 Å². The first-order valence-electron chi connectivity index (χ1n) is 5.99. The summed E-state index contributed by atoms with van der Waals surface area (Å²) in [5, 5.41) is 0. The molecule has 0 aliphatic heterocycles. The molecule has 0 spiro atoms. The Labute approximate surface area is 110 Å². The van der Waals surface area contributed by atoms with E-state index in [-0.39, 0.29) is 18.2 Å². The molecule has 2 aromatic carbocycles. The molecule has 0 heterocycles. The van der Waals surface area contributed by atoms with Gasteiger partial charge in [-0.3, -0.25) is 0 Å². The zero-order valence-corrected chi connectivity index (χ0v) is 10.6. The average molecular weight is 263 g/mol. The molecule has 2 nitrogen and oxygen atoms in total. The molecule has 1 unspecified atom stereocenters. The van der Waals surface area contributed by atoms with Crippen LogP contribution >= 0.6 is 0 Å². The van der Waals surface area contributed by atoms with E-state index in [1.165, 1.54) is 18.2 Å². The molecule has 0 saturated heterocycles. The van der Waals surface area contributed by atoms with Crippen molar-refractivity contribution in [3.05, 3.63) is 65.2 Å². The van der Waals surface area contributed by atoms with Crippen molar-refractivity contribution < 1.29 is 13.5 Å². The lowest BCUT2D eigenvalue weighted by Crippen LogP contribution is -2.06. The van der Waals surface area contributed by atoms with E-state index in [1.807, 2.05) is 13.0 Å². The van der Waals surface area contributed by atoms with E-state index in [4.69, 9.17) is 10.5 Å². The van der Waals surface area contributed by atoms with Gasteiger partial charge in [-0.05, 0) is 36.8 Å². The van der Waals surface area contributed by atoms with Gasteiger partial charge in [0.15, 0.2) is 0 Å². The van der Waals surface area contributed by atoms with Crippen LogP contribution in [0, 0.1) is 11.6 Å². The van der Waals surface area contributed by atoms with Crippen LogP contribution in [-0.4, -0.2) is 0 Å². The van der Waals surface area contributed by atoms with Crippen LogP contribution in [0.25, 0.3) is 0 Å². The van der Waals surface area contributed by atoms with Crippen LogP contribution in [0.3, 0.4) is 0 Å². The van der Waals surface area contributed by atoms with Gasteiger partial charge in [0.1, 0.15) is 24.0 Å². The third kappa shape index (κ3) is 3.29. The smallest absolute Gasteiger partial charge is 0.132 e. The maximum absolute atomic E-state index is 13.4. The molecule has 4 heteroatoms. The molecule has 0 aliphatic carbocycles.